The van der Waals surface area contributed by atoms with E-state index >= 15 is 0 Å². The van der Waals surface area contributed by atoms with E-state index in [0.29, 0.717) is 6.61 Å². The monoisotopic (exact) mass is 523 g/mol. The smallest absolute Gasteiger partial charge is 0.224 e. The number of nitrogens with zero attached hydrogens (tertiary/aromatic N) is 1. The molecule has 1 heterocycles. The number of hydrogen-bond acceptors (Lipinski definition) is 6. The highest BCUT2D eigenvalue weighted by Gasteiger charge is 2.47. The average Bonchev–Trinajstić information content (AvgIpc) is 2.96. The molecule has 0 aliphatic carbocycles. The molecule has 1 aliphatic heterocycles. The Morgan fingerprint density at radius 2 is 1.47 bits per heavy atom. The zero-order valence-electron chi connectivity index (χ0n) is 23.0. The van der Waals surface area contributed by atoms with E-state index < -0.39 is 30.6 Å². The van der Waals surface area contributed by atoms with Crippen LogP contribution in [-0.2, 0) is 14.2 Å². The first kappa shape index (κ1) is 30.0. The van der Waals surface area contributed by atoms with Crippen molar-refractivity contribution in [3.63, 3.8) is 0 Å². The van der Waals surface area contributed by atoms with Crippen LogP contribution in [0.2, 0.25) is 0 Å². The van der Waals surface area contributed by atoms with Crippen molar-refractivity contribution in [3.8, 4) is 0 Å². The van der Waals surface area contributed by atoms with E-state index in [9.17, 15) is 10.2 Å². The molecular weight excluding hydrogens is 478 g/mol. The quantitative estimate of drug-likeness (QED) is 0.159. The van der Waals surface area contributed by atoms with Crippen LogP contribution in [0.5, 0.6) is 0 Å². The Balaban J connectivity index is 1.83. The molecule has 0 saturated carbocycles. The maximum Gasteiger partial charge on any atom is 0.224 e. The molecule has 1 unspecified atom stereocenters. The van der Waals surface area contributed by atoms with Crippen molar-refractivity contribution in [3.05, 3.63) is 84.1 Å². The van der Waals surface area contributed by atoms with Crippen molar-refractivity contribution in [2.75, 3.05) is 13.2 Å². The number of hydrogen-bond donors (Lipinski definition) is 2. The van der Waals surface area contributed by atoms with Gasteiger partial charge in [-0.3, -0.25) is 4.99 Å². The highest BCUT2D eigenvalue weighted by molar-refractivity contribution is 6.13. The Morgan fingerprint density at radius 1 is 0.895 bits per heavy atom. The van der Waals surface area contributed by atoms with Crippen LogP contribution in [0.25, 0.3) is 0 Å². The third kappa shape index (κ3) is 9.05. The van der Waals surface area contributed by atoms with Crippen molar-refractivity contribution >= 4 is 5.71 Å². The van der Waals surface area contributed by atoms with Gasteiger partial charge in [0, 0.05) is 17.7 Å². The van der Waals surface area contributed by atoms with E-state index in [-0.39, 0.29) is 6.61 Å². The molecule has 2 aromatic carbocycles. The number of allylic oxidation sites excluding steroid dienone is 1. The first-order valence-corrected chi connectivity index (χ1v) is 14.2. The highest BCUT2D eigenvalue weighted by atomic mass is 16.7. The normalized spacial score (nSPS) is 23.4. The fourth-order valence-corrected chi connectivity index (χ4v) is 4.77. The minimum absolute atomic E-state index is 0.338. The van der Waals surface area contributed by atoms with Crippen LogP contribution in [-0.4, -0.2) is 59.8 Å². The van der Waals surface area contributed by atoms with Gasteiger partial charge in [-0.2, -0.15) is 0 Å². The lowest BCUT2D eigenvalue weighted by molar-refractivity contribution is -0.258. The second-order valence-electron chi connectivity index (χ2n) is 9.83. The standard InChI is InChI=1S/C32H45NO5/c1-3-5-6-7-8-9-10-17-23-36-31-29(32(37-22-4-2)38-27(24-34)30(31)35)33-28(25-18-13-11-14-19-25)26-20-15-12-16-21-26/h4,11-16,18-22,27,29-32,34-35H,3,5-10,17,23-24H2,1-2H3/b22-4-/t27-,29-,30?,31-,32+/m1/s1. The molecular formula is C32H45NO5. The predicted octanol–water partition coefficient (Wildman–Crippen LogP) is 6.05. The molecule has 6 nitrogen and oxygen atoms in total. The summed E-state index contributed by atoms with van der Waals surface area (Å²) in [5.41, 5.74) is 2.66. The maximum atomic E-state index is 11.2. The van der Waals surface area contributed by atoms with Gasteiger partial charge >= 0.3 is 0 Å². The average molecular weight is 524 g/mol. The summed E-state index contributed by atoms with van der Waals surface area (Å²) in [6, 6.07) is 19.3. The molecule has 208 valence electrons. The van der Waals surface area contributed by atoms with Gasteiger partial charge in [-0.15, -0.1) is 0 Å². The van der Waals surface area contributed by atoms with Gasteiger partial charge in [0.1, 0.15) is 24.4 Å². The maximum absolute atomic E-state index is 11.2. The zero-order chi connectivity index (χ0) is 27.0. The molecule has 0 radical (unpaired) electrons. The van der Waals surface area contributed by atoms with Gasteiger partial charge in [-0.25, -0.2) is 0 Å². The Labute approximate surface area is 228 Å². The first-order valence-electron chi connectivity index (χ1n) is 14.2. The summed E-state index contributed by atoms with van der Waals surface area (Å²) >= 11 is 0. The molecule has 0 amide bonds. The van der Waals surface area contributed by atoms with Crippen LogP contribution in [0.1, 0.15) is 76.3 Å². The molecule has 5 atom stereocenters. The summed E-state index contributed by atoms with van der Waals surface area (Å²) in [5, 5.41) is 21.1. The van der Waals surface area contributed by atoms with Crippen molar-refractivity contribution < 1.29 is 24.4 Å². The van der Waals surface area contributed by atoms with Crippen LogP contribution in [0.3, 0.4) is 0 Å². The van der Waals surface area contributed by atoms with E-state index in [1.165, 1.54) is 38.5 Å². The predicted molar refractivity (Wildman–Crippen MR) is 152 cm³/mol. The Morgan fingerprint density at radius 3 is 2.03 bits per heavy atom. The SMILES string of the molecule is C/C=C\O[C@H]1O[C@H](CO)C(O)[C@H](OCCCCCCCCCC)[C@H]1N=C(c1ccccc1)c1ccccc1. The van der Waals surface area contributed by atoms with Gasteiger partial charge in [0.15, 0.2) is 0 Å². The molecule has 38 heavy (non-hydrogen) atoms. The Bertz CT molecular complexity index is 907. The molecule has 6 heteroatoms. The first-order chi connectivity index (χ1) is 18.7. The fourth-order valence-electron chi connectivity index (χ4n) is 4.77. The Kier molecular flexibility index (Phi) is 13.6. The van der Waals surface area contributed by atoms with Crippen molar-refractivity contribution in [1.82, 2.24) is 0 Å². The summed E-state index contributed by atoms with van der Waals surface area (Å²) in [6.07, 6.45) is 9.53. The van der Waals surface area contributed by atoms with Gasteiger partial charge < -0.3 is 24.4 Å². The summed E-state index contributed by atoms with van der Waals surface area (Å²) in [6.45, 7) is 4.25. The second-order valence-corrected chi connectivity index (χ2v) is 9.83. The number of benzene rings is 2. The summed E-state index contributed by atoms with van der Waals surface area (Å²) in [5.74, 6) is 0. The van der Waals surface area contributed by atoms with Gasteiger partial charge in [0.2, 0.25) is 6.29 Å². The lowest BCUT2D eigenvalue weighted by atomic mass is 9.95. The number of ether oxygens (including phenoxy) is 3. The molecule has 0 aromatic heterocycles. The summed E-state index contributed by atoms with van der Waals surface area (Å²) in [4.78, 5) is 5.13. The van der Waals surface area contributed by atoms with Crippen LogP contribution < -0.4 is 0 Å². The molecule has 2 aromatic rings. The van der Waals surface area contributed by atoms with E-state index in [1.807, 2.05) is 67.6 Å². The minimum Gasteiger partial charge on any atom is -0.470 e. The molecule has 2 N–H and O–H groups in total. The van der Waals surface area contributed by atoms with E-state index in [4.69, 9.17) is 19.2 Å². The molecule has 1 saturated heterocycles. The number of aliphatic hydroxyl groups is 2. The van der Waals surface area contributed by atoms with Crippen molar-refractivity contribution in [1.29, 1.82) is 0 Å². The second kappa shape index (κ2) is 17.2. The molecule has 1 fully saturated rings. The molecule has 0 bridgehead atoms. The van der Waals surface area contributed by atoms with Gasteiger partial charge in [-0.05, 0) is 13.3 Å². The molecule has 3 rings (SSSR count). The number of unbranched alkanes of at least 4 members (excludes halogenated alkanes) is 7. The van der Waals surface area contributed by atoms with Crippen LogP contribution in [0.15, 0.2) is 78.0 Å². The van der Waals surface area contributed by atoms with E-state index in [1.54, 1.807) is 12.3 Å². The number of aliphatic hydroxyl groups excluding tert-OH is 2. The van der Waals surface area contributed by atoms with Gasteiger partial charge in [0.05, 0.1) is 18.6 Å². The van der Waals surface area contributed by atoms with Crippen LogP contribution in [0, 0.1) is 0 Å². The lowest BCUT2D eigenvalue weighted by Crippen LogP contribution is -2.59. The van der Waals surface area contributed by atoms with E-state index in [2.05, 4.69) is 6.92 Å². The number of aliphatic imine (C=N–C) groups is 1. The van der Waals surface area contributed by atoms with Crippen molar-refractivity contribution in [2.45, 2.75) is 95.9 Å². The van der Waals surface area contributed by atoms with Crippen LogP contribution in [0.4, 0.5) is 0 Å². The topological polar surface area (TPSA) is 80.5 Å². The van der Waals surface area contributed by atoms with Crippen molar-refractivity contribution in [2.24, 2.45) is 4.99 Å². The largest absolute Gasteiger partial charge is 0.470 e. The zero-order valence-corrected chi connectivity index (χ0v) is 23.0. The highest BCUT2D eigenvalue weighted by Crippen LogP contribution is 2.29. The van der Waals surface area contributed by atoms with E-state index in [0.717, 1.165) is 29.7 Å². The van der Waals surface area contributed by atoms with Crippen LogP contribution >= 0.6 is 0 Å². The third-order valence-electron chi connectivity index (χ3n) is 6.85. The van der Waals surface area contributed by atoms with Gasteiger partial charge in [0.25, 0.3) is 0 Å². The molecule has 0 spiro atoms. The number of rotatable bonds is 16. The lowest BCUT2D eigenvalue weighted by Gasteiger charge is -2.42. The molecule has 1 aliphatic rings. The third-order valence-corrected chi connectivity index (χ3v) is 6.85. The fraction of sp³-hybridized carbons (Fsp3) is 0.531. The summed E-state index contributed by atoms with van der Waals surface area (Å²) < 4.78 is 18.2. The Hall–Kier alpha value is -2.51. The minimum atomic E-state index is -1.04. The van der Waals surface area contributed by atoms with Gasteiger partial charge in [-0.1, -0.05) is 119 Å². The summed E-state index contributed by atoms with van der Waals surface area (Å²) in [7, 11) is 0.